The van der Waals surface area contributed by atoms with Gasteiger partial charge in [-0.1, -0.05) is 11.3 Å². The highest BCUT2D eigenvalue weighted by Gasteiger charge is 2.35. The van der Waals surface area contributed by atoms with Crippen molar-refractivity contribution in [3.05, 3.63) is 30.2 Å². The SMILES string of the molecule is COc1nc(N[C@@H]2CN(C(C)=O)C[C@@H]2F)nn2cc(F)c(-c3ccc4nnn(CC(F)F)c4c3)c12. The Morgan fingerprint density at radius 2 is 2.11 bits per heavy atom. The van der Waals surface area contributed by atoms with E-state index in [1.54, 1.807) is 12.1 Å². The normalized spacial score (nSPS) is 18.2. The number of rotatable bonds is 6. The van der Waals surface area contributed by atoms with Gasteiger partial charge in [0.25, 0.3) is 6.43 Å². The Labute approximate surface area is 195 Å². The van der Waals surface area contributed by atoms with Gasteiger partial charge in [0, 0.05) is 13.5 Å². The van der Waals surface area contributed by atoms with Gasteiger partial charge in [-0.2, -0.15) is 4.98 Å². The average Bonchev–Trinajstić information content (AvgIpc) is 3.47. The first-order valence-electron chi connectivity index (χ1n) is 10.7. The second-order valence-electron chi connectivity index (χ2n) is 8.15. The fraction of sp³-hybridized carbons (Fsp3) is 0.381. The van der Waals surface area contributed by atoms with Crippen molar-refractivity contribution in [3.8, 4) is 17.0 Å². The minimum absolute atomic E-state index is 0.0105. The van der Waals surface area contributed by atoms with E-state index in [0.717, 1.165) is 10.9 Å². The van der Waals surface area contributed by atoms with Crippen LogP contribution in [-0.2, 0) is 11.3 Å². The third-order valence-electron chi connectivity index (χ3n) is 5.87. The number of aromatic nitrogens is 6. The number of hydrogen-bond donors (Lipinski definition) is 1. The van der Waals surface area contributed by atoms with Crippen molar-refractivity contribution in [1.82, 2.24) is 34.5 Å². The molecule has 184 valence electrons. The Morgan fingerprint density at radius 3 is 2.80 bits per heavy atom. The molecule has 1 aliphatic heterocycles. The summed E-state index contributed by atoms with van der Waals surface area (Å²) in [7, 11) is 1.34. The number of benzene rings is 1. The van der Waals surface area contributed by atoms with Crippen molar-refractivity contribution in [2.24, 2.45) is 0 Å². The van der Waals surface area contributed by atoms with Crippen LogP contribution >= 0.6 is 0 Å². The molecule has 2 atom stereocenters. The molecule has 1 N–H and O–H groups in total. The van der Waals surface area contributed by atoms with Gasteiger partial charge in [0.15, 0.2) is 5.82 Å². The van der Waals surface area contributed by atoms with Gasteiger partial charge in [-0.25, -0.2) is 26.8 Å². The van der Waals surface area contributed by atoms with Crippen molar-refractivity contribution < 1.29 is 27.1 Å². The number of carbonyl (C=O) groups is 1. The number of methoxy groups -OCH3 is 1. The van der Waals surface area contributed by atoms with Gasteiger partial charge in [-0.05, 0) is 17.7 Å². The summed E-state index contributed by atoms with van der Waals surface area (Å²) in [5.74, 6) is -0.903. The lowest BCUT2D eigenvalue weighted by molar-refractivity contribution is -0.128. The molecule has 1 aromatic carbocycles. The Bertz CT molecular complexity index is 1420. The molecule has 0 unspecified atom stereocenters. The number of nitrogens with zero attached hydrogens (tertiary/aromatic N) is 7. The summed E-state index contributed by atoms with van der Waals surface area (Å²) in [6.07, 6.45) is -2.86. The molecule has 1 aliphatic rings. The predicted molar refractivity (Wildman–Crippen MR) is 117 cm³/mol. The highest BCUT2D eigenvalue weighted by Crippen LogP contribution is 2.35. The van der Waals surface area contributed by atoms with Gasteiger partial charge >= 0.3 is 0 Å². The van der Waals surface area contributed by atoms with Gasteiger partial charge in [0.1, 0.15) is 23.7 Å². The zero-order valence-corrected chi connectivity index (χ0v) is 18.6. The number of hydrogen-bond acceptors (Lipinski definition) is 7. The monoisotopic (exact) mass is 492 g/mol. The zero-order valence-electron chi connectivity index (χ0n) is 18.6. The molecule has 1 amide bonds. The Hall–Kier alpha value is -3.97. The third-order valence-corrected chi connectivity index (χ3v) is 5.87. The van der Waals surface area contributed by atoms with E-state index in [2.05, 4.69) is 25.7 Å². The summed E-state index contributed by atoms with van der Waals surface area (Å²) < 4.78 is 63.0. The summed E-state index contributed by atoms with van der Waals surface area (Å²) in [4.78, 5) is 17.2. The molecule has 0 aliphatic carbocycles. The van der Waals surface area contributed by atoms with E-state index in [1.807, 2.05) is 0 Å². The highest BCUT2D eigenvalue weighted by atomic mass is 19.3. The van der Waals surface area contributed by atoms with E-state index in [1.165, 1.54) is 29.5 Å². The number of halogens is 4. The smallest absolute Gasteiger partial charge is 0.258 e. The van der Waals surface area contributed by atoms with Crippen molar-refractivity contribution >= 4 is 28.4 Å². The number of carbonyl (C=O) groups excluding carboxylic acids is 1. The fourth-order valence-electron chi connectivity index (χ4n) is 4.21. The topological polar surface area (TPSA) is 102 Å². The molecule has 0 radical (unpaired) electrons. The molecular formula is C21H20F4N8O2. The van der Waals surface area contributed by atoms with Crippen LogP contribution in [0.15, 0.2) is 24.4 Å². The highest BCUT2D eigenvalue weighted by molar-refractivity contribution is 5.89. The Balaban J connectivity index is 1.54. The van der Waals surface area contributed by atoms with Crippen LogP contribution in [0.2, 0.25) is 0 Å². The maximum absolute atomic E-state index is 15.2. The summed E-state index contributed by atoms with van der Waals surface area (Å²) in [6.45, 7) is 0.789. The van der Waals surface area contributed by atoms with E-state index in [-0.39, 0.29) is 41.9 Å². The van der Waals surface area contributed by atoms with Crippen LogP contribution in [0.3, 0.4) is 0 Å². The van der Waals surface area contributed by atoms with Crippen molar-refractivity contribution in [2.75, 3.05) is 25.5 Å². The maximum Gasteiger partial charge on any atom is 0.258 e. The quantitative estimate of drug-likeness (QED) is 0.413. The fourth-order valence-corrected chi connectivity index (χ4v) is 4.21. The summed E-state index contributed by atoms with van der Waals surface area (Å²) >= 11 is 0. The van der Waals surface area contributed by atoms with Crippen molar-refractivity contribution in [3.63, 3.8) is 0 Å². The summed E-state index contributed by atoms with van der Waals surface area (Å²) in [6, 6.07) is 3.89. The van der Waals surface area contributed by atoms with Crippen molar-refractivity contribution in [1.29, 1.82) is 0 Å². The van der Waals surface area contributed by atoms with Gasteiger partial charge < -0.3 is 15.0 Å². The number of fused-ring (bicyclic) bond motifs is 2. The van der Waals surface area contributed by atoms with E-state index in [0.29, 0.717) is 16.6 Å². The Kier molecular flexibility index (Phi) is 5.65. The molecule has 10 nitrogen and oxygen atoms in total. The van der Waals surface area contributed by atoms with Crippen LogP contribution in [0, 0.1) is 5.82 Å². The molecule has 4 heterocycles. The third kappa shape index (κ3) is 4.08. The predicted octanol–water partition coefficient (Wildman–Crippen LogP) is 2.53. The van der Waals surface area contributed by atoms with Crippen LogP contribution in [0.25, 0.3) is 27.7 Å². The van der Waals surface area contributed by atoms with Crippen LogP contribution in [0.1, 0.15) is 6.92 Å². The van der Waals surface area contributed by atoms with Gasteiger partial charge in [-0.15, -0.1) is 10.2 Å². The summed E-state index contributed by atoms with van der Waals surface area (Å²) in [5.41, 5.74) is 1.33. The lowest BCUT2D eigenvalue weighted by Gasteiger charge is -2.16. The Morgan fingerprint density at radius 1 is 1.31 bits per heavy atom. The van der Waals surface area contributed by atoms with Crippen LogP contribution in [-0.4, -0.2) is 79.2 Å². The largest absolute Gasteiger partial charge is 0.479 e. The van der Waals surface area contributed by atoms with Gasteiger partial charge in [0.05, 0.1) is 37.0 Å². The lowest BCUT2D eigenvalue weighted by Crippen LogP contribution is -2.32. The molecule has 5 rings (SSSR count). The van der Waals surface area contributed by atoms with Gasteiger partial charge in [0.2, 0.25) is 17.7 Å². The first-order chi connectivity index (χ1) is 16.7. The number of alkyl halides is 3. The van der Waals surface area contributed by atoms with Crippen LogP contribution in [0.5, 0.6) is 5.88 Å². The molecule has 1 fully saturated rings. The first-order valence-corrected chi connectivity index (χ1v) is 10.7. The molecule has 0 spiro atoms. The van der Waals surface area contributed by atoms with Crippen LogP contribution < -0.4 is 10.1 Å². The first kappa shape index (κ1) is 22.8. The number of amides is 1. The minimum Gasteiger partial charge on any atom is -0.479 e. The van der Waals surface area contributed by atoms with E-state index in [9.17, 15) is 18.0 Å². The van der Waals surface area contributed by atoms with Gasteiger partial charge in [-0.3, -0.25) is 4.79 Å². The number of ether oxygens (including phenoxy) is 1. The molecule has 0 saturated carbocycles. The minimum atomic E-state index is -2.64. The molecule has 0 bridgehead atoms. The number of likely N-dealkylation sites (tertiary alicyclic amines) is 1. The zero-order chi connectivity index (χ0) is 24.9. The van der Waals surface area contributed by atoms with Crippen LogP contribution in [0.4, 0.5) is 23.5 Å². The van der Waals surface area contributed by atoms with E-state index < -0.39 is 31.0 Å². The molecule has 14 heteroatoms. The molecular weight excluding hydrogens is 472 g/mol. The standard InChI is InChI=1S/C21H20F4N8O2/c1-10(34)31-6-12(22)15(8-31)26-21-27-20(35-2)19-18(13(23)7-33(19)29-21)11-3-4-14-16(5-11)32(30-28-14)9-17(24)25/h3-5,7,12,15,17H,6,8-9H2,1-2H3,(H,26,29)/t12-,15+/m0/s1. The number of anilines is 1. The average molecular weight is 492 g/mol. The summed E-state index contributed by atoms with van der Waals surface area (Å²) in [5, 5.41) is 14.7. The molecule has 1 saturated heterocycles. The second-order valence-corrected chi connectivity index (χ2v) is 8.15. The van der Waals surface area contributed by atoms with E-state index in [4.69, 9.17) is 4.74 Å². The molecule has 35 heavy (non-hydrogen) atoms. The maximum atomic E-state index is 15.2. The molecule has 4 aromatic rings. The molecule has 3 aromatic heterocycles. The lowest BCUT2D eigenvalue weighted by atomic mass is 10.1. The van der Waals surface area contributed by atoms with E-state index >= 15 is 4.39 Å². The second kappa shape index (κ2) is 8.67. The number of nitrogens with one attached hydrogen (secondary N) is 1. The van der Waals surface area contributed by atoms with Crippen molar-refractivity contribution in [2.45, 2.75) is 32.1 Å².